The van der Waals surface area contributed by atoms with Crippen molar-refractivity contribution >= 4 is 17.1 Å². The summed E-state index contributed by atoms with van der Waals surface area (Å²) in [6.45, 7) is 4.29. The van der Waals surface area contributed by atoms with E-state index in [4.69, 9.17) is 5.11 Å². The summed E-state index contributed by atoms with van der Waals surface area (Å²) in [6, 6.07) is 0. The molecule has 2 aromatic heterocycles. The van der Waals surface area contributed by atoms with E-state index in [1.54, 1.807) is 13.8 Å². The minimum atomic E-state index is -1.04. The fraction of sp³-hybridized carbons (Fsp3) is 0.455. The van der Waals surface area contributed by atoms with E-state index < -0.39 is 17.2 Å². The SMILES string of the molecule is CCn1c(CC(=O)O)nc2c1c(=O)[nH]c(=O)n2CC. The van der Waals surface area contributed by atoms with Gasteiger partial charge in [0.15, 0.2) is 11.2 Å². The van der Waals surface area contributed by atoms with E-state index in [2.05, 4.69) is 9.97 Å². The van der Waals surface area contributed by atoms with Gasteiger partial charge in [0.2, 0.25) is 0 Å². The highest BCUT2D eigenvalue weighted by Crippen LogP contribution is 2.11. The van der Waals surface area contributed by atoms with Gasteiger partial charge in [-0.2, -0.15) is 0 Å². The number of hydrogen-bond donors (Lipinski definition) is 2. The standard InChI is InChI=1S/C11H14N4O4/c1-3-14-6(5-7(16)17)12-9-8(14)10(18)13-11(19)15(9)4-2/h3-5H2,1-2H3,(H,16,17)(H,13,18,19). The fourth-order valence-electron chi connectivity index (χ4n) is 2.12. The summed E-state index contributed by atoms with van der Waals surface area (Å²) in [5.74, 6) is -0.768. The minimum absolute atomic E-state index is 0.231. The maximum atomic E-state index is 11.9. The van der Waals surface area contributed by atoms with Crippen LogP contribution in [0.15, 0.2) is 9.59 Å². The lowest BCUT2D eigenvalue weighted by Crippen LogP contribution is -2.30. The average Bonchev–Trinajstić information content (AvgIpc) is 2.67. The lowest BCUT2D eigenvalue weighted by Gasteiger charge is -2.04. The predicted molar refractivity (Wildman–Crippen MR) is 67.3 cm³/mol. The number of H-pyrrole nitrogens is 1. The van der Waals surface area contributed by atoms with Crippen LogP contribution in [-0.2, 0) is 24.3 Å². The van der Waals surface area contributed by atoms with Crippen molar-refractivity contribution in [3.8, 4) is 0 Å². The zero-order valence-corrected chi connectivity index (χ0v) is 10.6. The van der Waals surface area contributed by atoms with Gasteiger partial charge in [0.25, 0.3) is 5.56 Å². The third-order valence-electron chi connectivity index (χ3n) is 2.91. The van der Waals surface area contributed by atoms with E-state index in [0.29, 0.717) is 13.1 Å². The van der Waals surface area contributed by atoms with Crippen LogP contribution < -0.4 is 11.2 Å². The molecule has 8 heteroatoms. The number of carbonyl (C=O) groups is 1. The topological polar surface area (TPSA) is 110 Å². The molecule has 8 nitrogen and oxygen atoms in total. The first-order valence-corrected chi connectivity index (χ1v) is 5.93. The molecule has 2 aromatic rings. The number of aromatic nitrogens is 4. The van der Waals surface area contributed by atoms with Gasteiger partial charge in [-0.3, -0.25) is 19.1 Å². The van der Waals surface area contributed by atoms with Gasteiger partial charge in [-0.05, 0) is 13.8 Å². The van der Waals surface area contributed by atoms with Crippen LogP contribution in [0.2, 0.25) is 0 Å². The molecule has 2 heterocycles. The third-order valence-corrected chi connectivity index (χ3v) is 2.91. The maximum absolute atomic E-state index is 11.9. The van der Waals surface area contributed by atoms with Crippen molar-refractivity contribution in [3.63, 3.8) is 0 Å². The second-order valence-corrected chi connectivity index (χ2v) is 4.02. The van der Waals surface area contributed by atoms with Gasteiger partial charge in [-0.15, -0.1) is 0 Å². The molecule has 0 unspecified atom stereocenters. The van der Waals surface area contributed by atoms with Crippen molar-refractivity contribution < 1.29 is 9.90 Å². The molecule has 0 saturated heterocycles. The Bertz CT molecular complexity index is 752. The summed E-state index contributed by atoms with van der Waals surface area (Å²) in [5, 5.41) is 8.85. The fourth-order valence-corrected chi connectivity index (χ4v) is 2.12. The molecule has 0 fully saturated rings. The van der Waals surface area contributed by atoms with Gasteiger partial charge in [0.05, 0.1) is 0 Å². The van der Waals surface area contributed by atoms with Gasteiger partial charge in [-0.25, -0.2) is 9.78 Å². The molecule has 0 aliphatic heterocycles. The van der Waals surface area contributed by atoms with Crippen LogP contribution in [0.3, 0.4) is 0 Å². The number of hydrogen-bond acceptors (Lipinski definition) is 4. The van der Waals surface area contributed by atoms with Crippen LogP contribution in [0.4, 0.5) is 0 Å². The number of rotatable bonds is 4. The van der Waals surface area contributed by atoms with E-state index in [9.17, 15) is 14.4 Å². The predicted octanol–water partition coefficient (Wildman–Crippen LogP) is -0.447. The number of nitrogens with one attached hydrogen (secondary N) is 1. The highest BCUT2D eigenvalue weighted by atomic mass is 16.4. The second-order valence-electron chi connectivity index (χ2n) is 4.02. The molecule has 102 valence electrons. The zero-order chi connectivity index (χ0) is 14.2. The first-order chi connectivity index (χ1) is 8.99. The van der Waals surface area contributed by atoms with Crippen LogP contribution >= 0.6 is 0 Å². The van der Waals surface area contributed by atoms with Crippen LogP contribution in [0.1, 0.15) is 19.7 Å². The highest BCUT2D eigenvalue weighted by molar-refractivity contribution is 5.74. The van der Waals surface area contributed by atoms with Gasteiger partial charge in [0.1, 0.15) is 12.2 Å². The summed E-state index contributed by atoms with van der Waals surface area (Å²) in [4.78, 5) is 40.7. The summed E-state index contributed by atoms with van der Waals surface area (Å²) in [6.07, 6.45) is -0.292. The Balaban J connectivity index is 2.89. The van der Waals surface area contributed by atoms with Crippen molar-refractivity contribution in [2.75, 3.05) is 0 Å². The Morgan fingerprint density at radius 2 is 1.89 bits per heavy atom. The molecule has 0 aliphatic rings. The summed E-state index contributed by atoms with van der Waals surface area (Å²) in [5.41, 5.74) is -0.618. The highest BCUT2D eigenvalue weighted by Gasteiger charge is 2.18. The van der Waals surface area contributed by atoms with E-state index in [1.165, 1.54) is 9.13 Å². The van der Waals surface area contributed by atoms with Crippen LogP contribution in [0.5, 0.6) is 0 Å². The molecule has 0 aliphatic carbocycles. The smallest absolute Gasteiger partial charge is 0.330 e. The number of imidazole rings is 1. The molecule has 0 amide bonds. The number of carboxylic acids is 1. The normalized spacial score (nSPS) is 11.1. The quantitative estimate of drug-likeness (QED) is 0.779. The Morgan fingerprint density at radius 3 is 2.42 bits per heavy atom. The number of aromatic amines is 1. The van der Waals surface area contributed by atoms with E-state index in [0.717, 1.165) is 0 Å². The Labute approximate surface area is 107 Å². The van der Waals surface area contributed by atoms with Crippen molar-refractivity contribution in [1.82, 2.24) is 19.1 Å². The lowest BCUT2D eigenvalue weighted by molar-refractivity contribution is -0.136. The molecule has 0 aromatic carbocycles. The molecule has 0 saturated carbocycles. The van der Waals surface area contributed by atoms with Crippen LogP contribution in [-0.4, -0.2) is 30.2 Å². The van der Waals surface area contributed by atoms with Crippen molar-refractivity contribution in [2.24, 2.45) is 0 Å². The summed E-state index contributed by atoms with van der Waals surface area (Å²) in [7, 11) is 0. The summed E-state index contributed by atoms with van der Waals surface area (Å²) < 4.78 is 2.84. The molecule has 0 radical (unpaired) electrons. The van der Waals surface area contributed by atoms with E-state index in [-0.39, 0.29) is 23.4 Å². The first kappa shape index (κ1) is 13.1. The number of carboxylic acid groups (broad SMARTS) is 1. The number of fused-ring (bicyclic) bond motifs is 1. The third kappa shape index (κ3) is 2.05. The van der Waals surface area contributed by atoms with Crippen LogP contribution in [0, 0.1) is 0 Å². The molecule has 2 rings (SSSR count). The number of aliphatic carboxylic acids is 1. The molecule has 0 atom stereocenters. The van der Waals surface area contributed by atoms with Gasteiger partial charge in [0, 0.05) is 13.1 Å². The molecular formula is C11H14N4O4. The summed E-state index contributed by atoms with van der Waals surface area (Å²) >= 11 is 0. The molecule has 2 N–H and O–H groups in total. The number of nitrogens with zero attached hydrogens (tertiary/aromatic N) is 3. The first-order valence-electron chi connectivity index (χ1n) is 5.93. The van der Waals surface area contributed by atoms with Crippen molar-refractivity contribution in [3.05, 3.63) is 26.7 Å². The second kappa shape index (κ2) is 4.71. The average molecular weight is 266 g/mol. The zero-order valence-electron chi connectivity index (χ0n) is 10.6. The van der Waals surface area contributed by atoms with E-state index >= 15 is 0 Å². The van der Waals surface area contributed by atoms with E-state index in [1.807, 2.05) is 0 Å². The molecule has 0 spiro atoms. The molecular weight excluding hydrogens is 252 g/mol. The van der Waals surface area contributed by atoms with Gasteiger partial charge >= 0.3 is 11.7 Å². The number of aryl methyl sites for hydroxylation is 2. The minimum Gasteiger partial charge on any atom is -0.481 e. The van der Waals surface area contributed by atoms with Gasteiger partial charge < -0.3 is 9.67 Å². The molecule has 19 heavy (non-hydrogen) atoms. The van der Waals surface area contributed by atoms with Crippen molar-refractivity contribution in [1.29, 1.82) is 0 Å². The lowest BCUT2D eigenvalue weighted by atomic mass is 10.4. The van der Waals surface area contributed by atoms with Gasteiger partial charge in [-0.1, -0.05) is 0 Å². The van der Waals surface area contributed by atoms with Crippen LogP contribution in [0.25, 0.3) is 11.2 Å². The Kier molecular flexibility index (Phi) is 3.24. The monoisotopic (exact) mass is 266 g/mol. The van der Waals surface area contributed by atoms with Crippen molar-refractivity contribution in [2.45, 2.75) is 33.4 Å². The molecule has 0 bridgehead atoms. The Morgan fingerprint density at radius 1 is 1.26 bits per heavy atom. The maximum Gasteiger partial charge on any atom is 0.330 e. The largest absolute Gasteiger partial charge is 0.481 e. The Hall–Kier alpha value is -2.38.